The summed E-state index contributed by atoms with van der Waals surface area (Å²) in [5, 5.41) is 13.3. The largest absolute Gasteiger partial charge is 0.325 e. The van der Waals surface area contributed by atoms with Gasteiger partial charge in [0.1, 0.15) is 11.6 Å². The molecule has 0 atom stereocenters. The SMILES string of the molecule is Cc1ccc(Cc2cnc(NC(=O)CCc3c(C)[nH]c(=O)c(C#N)c3C)s2)cc1Cl. The second-order valence-electron chi connectivity index (χ2n) is 7.11. The molecule has 2 aromatic heterocycles. The summed E-state index contributed by atoms with van der Waals surface area (Å²) in [6.45, 7) is 5.47. The Bertz CT molecular complexity index is 1210. The lowest BCUT2D eigenvalue weighted by atomic mass is 9.99. The number of H-pyrrole nitrogens is 1. The van der Waals surface area contributed by atoms with Crippen molar-refractivity contribution in [1.29, 1.82) is 5.26 Å². The first kappa shape index (κ1) is 21.8. The van der Waals surface area contributed by atoms with Crippen LogP contribution >= 0.6 is 22.9 Å². The molecule has 6 nitrogen and oxygen atoms in total. The molecule has 2 heterocycles. The second-order valence-corrected chi connectivity index (χ2v) is 8.63. The number of hydrogen-bond acceptors (Lipinski definition) is 5. The van der Waals surface area contributed by atoms with Gasteiger partial charge in [-0.05, 0) is 55.5 Å². The Morgan fingerprint density at radius 2 is 2.10 bits per heavy atom. The highest BCUT2D eigenvalue weighted by molar-refractivity contribution is 7.15. The number of halogens is 1. The molecule has 0 saturated carbocycles. The molecule has 0 saturated heterocycles. The van der Waals surface area contributed by atoms with Crippen LogP contribution in [-0.2, 0) is 17.6 Å². The fourth-order valence-electron chi connectivity index (χ4n) is 3.24. The normalized spacial score (nSPS) is 10.6. The maximum Gasteiger partial charge on any atom is 0.266 e. The number of nitrogens with zero attached hydrogens (tertiary/aromatic N) is 2. The van der Waals surface area contributed by atoms with Crippen molar-refractivity contribution in [2.45, 2.75) is 40.0 Å². The Kier molecular flexibility index (Phi) is 6.70. The molecule has 0 bridgehead atoms. The van der Waals surface area contributed by atoms with Crippen molar-refractivity contribution in [2.24, 2.45) is 0 Å². The highest BCUT2D eigenvalue weighted by Gasteiger charge is 2.14. The molecule has 0 aliphatic carbocycles. The van der Waals surface area contributed by atoms with Crippen LogP contribution in [0.3, 0.4) is 0 Å². The molecule has 1 aromatic carbocycles. The van der Waals surface area contributed by atoms with E-state index in [4.69, 9.17) is 16.9 Å². The number of rotatable bonds is 6. The van der Waals surface area contributed by atoms with Crippen LogP contribution in [0.15, 0.2) is 29.2 Å². The van der Waals surface area contributed by atoms with Gasteiger partial charge >= 0.3 is 0 Å². The second kappa shape index (κ2) is 9.24. The minimum Gasteiger partial charge on any atom is -0.325 e. The lowest BCUT2D eigenvalue weighted by Gasteiger charge is -2.10. The molecular weight excluding hydrogens is 420 g/mol. The molecular formula is C22H21ClN4O2S. The molecule has 1 amide bonds. The minimum atomic E-state index is -0.397. The first-order valence-electron chi connectivity index (χ1n) is 9.40. The molecule has 30 heavy (non-hydrogen) atoms. The van der Waals surface area contributed by atoms with E-state index in [-0.39, 0.29) is 17.9 Å². The third-order valence-electron chi connectivity index (χ3n) is 4.94. The van der Waals surface area contributed by atoms with Crippen molar-refractivity contribution in [2.75, 3.05) is 5.32 Å². The monoisotopic (exact) mass is 440 g/mol. The lowest BCUT2D eigenvalue weighted by Crippen LogP contribution is -2.18. The minimum absolute atomic E-state index is 0.0942. The van der Waals surface area contributed by atoms with Gasteiger partial charge in [0.25, 0.3) is 5.56 Å². The number of nitriles is 1. The number of carbonyl (C=O) groups excluding carboxylic acids is 1. The smallest absolute Gasteiger partial charge is 0.266 e. The number of benzene rings is 1. The molecule has 0 aliphatic heterocycles. The van der Waals surface area contributed by atoms with E-state index in [1.807, 2.05) is 31.2 Å². The Hall–Kier alpha value is -2.95. The third kappa shape index (κ3) is 4.96. The number of anilines is 1. The van der Waals surface area contributed by atoms with Crippen LogP contribution in [0.2, 0.25) is 5.02 Å². The van der Waals surface area contributed by atoms with Crippen molar-refractivity contribution in [1.82, 2.24) is 9.97 Å². The van der Waals surface area contributed by atoms with Crippen molar-refractivity contribution >= 4 is 34.0 Å². The van der Waals surface area contributed by atoms with Crippen molar-refractivity contribution in [3.05, 3.63) is 78.2 Å². The quantitative estimate of drug-likeness (QED) is 0.591. The van der Waals surface area contributed by atoms with E-state index < -0.39 is 5.56 Å². The molecule has 8 heteroatoms. The summed E-state index contributed by atoms with van der Waals surface area (Å²) in [6, 6.07) is 7.89. The maximum absolute atomic E-state index is 12.4. The van der Waals surface area contributed by atoms with Gasteiger partial charge in [0, 0.05) is 34.6 Å². The fraction of sp³-hybridized carbons (Fsp3) is 0.273. The molecule has 0 spiro atoms. The van der Waals surface area contributed by atoms with E-state index in [0.717, 1.165) is 26.6 Å². The van der Waals surface area contributed by atoms with Crippen molar-refractivity contribution < 1.29 is 4.79 Å². The van der Waals surface area contributed by atoms with Crippen LogP contribution < -0.4 is 10.9 Å². The van der Waals surface area contributed by atoms with Gasteiger partial charge in [0.05, 0.1) is 0 Å². The summed E-state index contributed by atoms with van der Waals surface area (Å²) in [4.78, 5) is 32.2. The Morgan fingerprint density at radius 3 is 2.80 bits per heavy atom. The number of thiazole rings is 1. The Labute approximate surface area is 183 Å². The van der Waals surface area contributed by atoms with E-state index in [1.165, 1.54) is 11.3 Å². The van der Waals surface area contributed by atoms with Crippen LogP contribution in [0.4, 0.5) is 5.13 Å². The summed E-state index contributed by atoms with van der Waals surface area (Å²) >= 11 is 7.61. The van der Waals surface area contributed by atoms with Gasteiger partial charge in [-0.15, -0.1) is 11.3 Å². The molecule has 154 valence electrons. The van der Waals surface area contributed by atoms with Crippen molar-refractivity contribution in [3.8, 4) is 6.07 Å². The number of amides is 1. The van der Waals surface area contributed by atoms with Crippen LogP contribution in [0.5, 0.6) is 0 Å². The number of hydrogen-bond donors (Lipinski definition) is 2. The maximum atomic E-state index is 12.4. The Balaban J connectivity index is 1.62. The van der Waals surface area contributed by atoms with Crippen LogP contribution in [0, 0.1) is 32.1 Å². The van der Waals surface area contributed by atoms with E-state index in [9.17, 15) is 9.59 Å². The van der Waals surface area contributed by atoms with Crippen LogP contribution in [0.1, 0.15) is 44.8 Å². The average Bonchev–Trinajstić information content (AvgIpc) is 3.11. The highest BCUT2D eigenvalue weighted by atomic mass is 35.5. The first-order valence-corrected chi connectivity index (χ1v) is 10.6. The van der Waals surface area contributed by atoms with Crippen LogP contribution in [-0.4, -0.2) is 15.9 Å². The number of aryl methyl sites for hydroxylation is 2. The van der Waals surface area contributed by atoms with Gasteiger partial charge in [-0.3, -0.25) is 9.59 Å². The zero-order chi connectivity index (χ0) is 21.8. The molecule has 0 unspecified atom stereocenters. The van der Waals surface area contributed by atoms with Crippen LogP contribution in [0.25, 0.3) is 0 Å². The fourth-order valence-corrected chi connectivity index (χ4v) is 4.30. The zero-order valence-electron chi connectivity index (χ0n) is 16.9. The molecule has 0 fully saturated rings. The molecule has 2 N–H and O–H groups in total. The zero-order valence-corrected chi connectivity index (χ0v) is 18.5. The van der Waals surface area contributed by atoms with Gasteiger partial charge < -0.3 is 10.3 Å². The number of pyridine rings is 1. The first-order chi connectivity index (χ1) is 14.3. The average molecular weight is 441 g/mol. The molecule has 0 aliphatic rings. The van der Waals surface area contributed by atoms with E-state index in [1.54, 1.807) is 20.0 Å². The van der Waals surface area contributed by atoms with Gasteiger partial charge in [0.15, 0.2) is 5.13 Å². The summed E-state index contributed by atoms with van der Waals surface area (Å²) in [6.07, 6.45) is 3.10. The van der Waals surface area contributed by atoms with Crippen molar-refractivity contribution in [3.63, 3.8) is 0 Å². The van der Waals surface area contributed by atoms with Gasteiger partial charge in [0.2, 0.25) is 5.91 Å². The summed E-state index contributed by atoms with van der Waals surface area (Å²) < 4.78 is 0. The number of nitrogens with one attached hydrogen (secondary N) is 2. The summed E-state index contributed by atoms with van der Waals surface area (Å²) in [5.74, 6) is -0.169. The highest BCUT2D eigenvalue weighted by Crippen LogP contribution is 2.24. The number of aromatic nitrogens is 2. The molecule has 3 aromatic rings. The standard InChI is InChI=1S/C22H21ClN4O2S/c1-12-4-5-15(9-19(12)23)8-16-11-25-22(30-16)27-20(28)7-6-17-13(2)18(10-24)21(29)26-14(17)3/h4-5,9,11H,6-8H2,1-3H3,(H,26,29)(H,25,27,28). The van der Waals surface area contributed by atoms with Gasteiger partial charge in [-0.2, -0.15) is 5.26 Å². The van der Waals surface area contributed by atoms with E-state index in [2.05, 4.69) is 15.3 Å². The van der Waals surface area contributed by atoms with E-state index >= 15 is 0 Å². The lowest BCUT2D eigenvalue weighted by molar-refractivity contribution is -0.116. The number of carbonyl (C=O) groups is 1. The molecule has 0 radical (unpaired) electrons. The summed E-state index contributed by atoms with van der Waals surface area (Å²) in [5.41, 5.74) is 3.94. The van der Waals surface area contributed by atoms with Gasteiger partial charge in [-0.25, -0.2) is 4.98 Å². The Morgan fingerprint density at radius 1 is 1.33 bits per heavy atom. The molecule has 3 rings (SSSR count). The van der Waals surface area contributed by atoms with E-state index in [0.29, 0.717) is 29.2 Å². The van der Waals surface area contributed by atoms with Gasteiger partial charge in [-0.1, -0.05) is 23.7 Å². The topological polar surface area (TPSA) is 98.6 Å². The predicted octanol–water partition coefficient (Wildman–Crippen LogP) is 4.44. The summed E-state index contributed by atoms with van der Waals surface area (Å²) in [7, 11) is 0. The predicted molar refractivity (Wildman–Crippen MR) is 119 cm³/mol. The number of aromatic amines is 1. The third-order valence-corrected chi connectivity index (χ3v) is 6.26.